The van der Waals surface area contributed by atoms with Crippen molar-refractivity contribution in [1.82, 2.24) is 4.90 Å². The van der Waals surface area contributed by atoms with E-state index in [0.717, 1.165) is 19.0 Å². The van der Waals surface area contributed by atoms with Gasteiger partial charge in [0.2, 0.25) is 0 Å². The fourth-order valence-corrected chi connectivity index (χ4v) is 2.47. The number of hydrogen-bond acceptors (Lipinski definition) is 2. The zero-order valence-electron chi connectivity index (χ0n) is 8.53. The molecule has 1 heterocycles. The third-order valence-electron chi connectivity index (χ3n) is 3.35. The summed E-state index contributed by atoms with van der Waals surface area (Å²) in [6, 6.07) is 3.92. The van der Waals surface area contributed by atoms with E-state index >= 15 is 0 Å². The number of rotatable bonds is 2. The second kappa shape index (κ2) is 3.31. The number of nitriles is 1. The Labute approximate surface area is 80.5 Å². The quantitative estimate of drug-likeness (QED) is 0.647. The van der Waals surface area contributed by atoms with Crippen LogP contribution in [0.4, 0.5) is 0 Å². The van der Waals surface area contributed by atoms with Crippen LogP contribution in [0.1, 0.15) is 33.1 Å². The summed E-state index contributed by atoms with van der Waals surface area (Å²) in [5.74, 6) is 1.01. The normalized spacial score (nSPS) is 35.2. The highest BCUT2D eigenvalue weighted by Gasteiger charge is 2.41. The van der Waals surface area contributed by atoms with E-state index in [0.29, 0.717) is 17.9 Å². The van der Waals surface area contributed by atoms with E-state index in [2.05, 4.69) is 24.8 Å². The Morgan fingerprint density at radius 1 is 1.38 bits per heavy atom. The lowest BCUT2D eigenvalue weighted by Gasteiger charge is -2.26. The molecule has 72 valence electrons. The molecule has 0 radical (unpaired) electrons. The molecule has 1 aliphatic heterocycles. The molecule has 0 N–H and O–H groups in total. The van der Waals surface area contributed by atoms with Gasteiger partial charge in [-0.05, 0) is 25.2 Å². The first-order chi connectivity index (χ1) is 6.22. The Bertz CT molecular complexity index is 215. The molecule has 1 saturated carbocycles. The SMILES string of the molecule is CC(C)C1CC(C#N)CN1C1CC1. The molecule has 2 rings (SSSR count). The lowest BCUT2D eigenvalue weighted by molar-refractivity contribution is 0.197. The van der Waals surface area contributed by atoms with Crippen LogP contribution in [0.15, 0.2) is 0 Å². The van der Waals surface area contributed by atoms with Crippen molar-refractivity contribution in [3.63, 3.8) is 0 Å². The average Bonchev–Trinajstić information content (AvgIpc) is 2.84. The molecular weight excluding hydrogens is 160 g/mol. The van der Waals surface area contributed by atoms with Crippen molar-refractivity contribution < 1.29 is 0 Å². The molecule has 0 amide bonds. The van der Waals surface area contributed by atoms with Crippen LogP contribution in [0.3, 0.4) is 0 Å². The minimum atomic E-state index is 0.299. The number of nitrogens with zero attached hydrogens (tertiary/aromatic N) is 2. The third kappa shape index (κ3) is 1.71. The fourth-order valence-electron chi connectivity index (χ4n) is 2.47. The smallest absolute Gasteiger partial charge is 0.0669 e. The van der Waals surface area contributed by atoms with E-state index in [-0.39, 0.29) is 0 Å². The monoisotopic (exact) mass is 178 g/mol. The minimum Gasteiger partial charge on any atom is -0.296 e. The summed E-state index contributed by atoms with van der Waals surface area (Å²) in [4.78, 5) is 2.58. The predicted molar refractivity (Wildman–Crippen MR) is 52.1 cm³/mol. The molecule has 2 aliphatic rings. The second-order valence-corrected chi connectivity index (χ2v) is 4.80. The van der Waals surface area contributed by atoms with Crippen LogP contribution < -0.4 is 0 Å². The van der Waals surface area contributed by atoms with E-state index in [1.165, 1.54) is 12.8 Å². The molecule has 0 aromatic rings. The van der Waals surface area contributed by atoms with Crippen molar-refractivity contribution in [3.8, 4) is 6.07 Å². The molecule has 0 spiro atoms. The van der Waals surface area contributed by atoms with Gasteiger partial charge in [-0.1, -0.05) is 13.8 Å². The van der Waals surface area contributed by atoms with E-state index < -0.39 is 0 Å². The summed E-state index contributed by atoms with van der Waals surface area (Å²) in [6.45, 7) is 5.59. The second-order valence-electron chi connectivity index (χ2n) is 4.80. The Hall–Kier alpha value is -0.550. The van der Waals surface area contributed by atoms with Crippen molar-refractivity contribution in [3.05, 3.63) is 0 Å². The molecule has 2 atom stereocenters. The van der Waals surface area contributed by atoms with Crippen molar-refractivity contribution in [2.45, 2.75) is 45.2 Å². The summed E-state index contributed by atoms with van der Waals surface area (Å²) in [6.07, 6.45) is 3.83. The van der Waals surface area contributed by atoms with Crippen LogP contribution in [0, 0.1) is 23.2 Å². The van der Waals surface area contributed by atoms with Crippen molar-refractivity contribution in [2.75, 3.05) is 6.54 Å². The summed E-state index contributed by atoms with van der Waals surface area (Å²) < 4.78 is 0. The largest absolute Gasteiger partial charge is 0.296 e. The highest BCUT2D eigenvalue weighted by atomic mass is 15.2. The van der Waals surface area contributed by atoms with Gasteiger partial charge < -0.3 is 0 Å². The van der Waals surface area contributed by atoms with Crippen LogP contribution in [0.2, 0.25) is 0 Å². The molecule has 0 aromatic carbocycles. The summed E-state index contributed by atoms with van der Waals surface area (Å²) in [7, 11) is 0. The lowest BCUT2D eigenvalue weighted by Crippen LogP contribution is -2.35. The van der Waals surface area contributed by atoms with Crippen molar-refractivity contribution in [1.29, 1.82) is 5.26 Å². The molecule has 2 heteroatoms. The van der Waals surface area contributed by atoms with E-state index in [1.807, 2.05) is 0 Å². The van der Waals surface area contributed by atoms with Gasteiger partial charge in [-0.25, -0.2) is 0 Å². The zero-order valence-corrected chi connectivity index (χ0v) is 8.53. The van der Waals surface area contributed by atoms with Crippen LogP contribution in [0.25, 0.3) is 0 Å². The highest BCUT2D eigenvalue weighted by Crippen LogP contribution is 2.37. The van der Waals surface area contributed by atoms with Gasteiger partial charge in [0.05, 0.1) is 12.0 Å². The Kier molecular flexibility index (Phi) is 2.29. The van der Waals surface area contributed by atoms with Gasteiger partial charge >= 0.3 is 0 Å². The zero-order chi connectivity index (χ0) is 9.42. The maximum Gasteiger partial charge on any atom is 0.0669 e. The van der Waals surface area contributed by atoms with Gasteiger partial charge in [0.1, 0.15) is 0 Å². The molecule has 1 aliphatic carbocycles. The van der Waals surface area contributed by atoms with E-state index in [1.54, 1.807) is 0 Å². The number of hydrogen-bond donors (Lipinski definition) is 0. The Morgan fingerprint density at radius 2 is 2.08 bits per heavy atom. The lowest BCUT2D eigenvalue weighted by atomic mass is 9.98. The molecule has 2 nitrogen and oxygen atoms in total. The van der Waals surface area contributed by atoms with Gasteiger partial charge in [0.25, 0.3) is 0 Å². The van der Waals surface area contributed by atoms with Crippen molar-refractivity contribution in [2.24, 2.45) is 11.8 Å². The topological polar surface area (TPSA) is 27.0 Å². The molecule has 0 bridgehead atoms. The molecule has 2 unspecified atom stereocenters. The summed E-state index contributed by atoms with van der Waals surface area (Å²) in [5.41, 5.74) is 0. The van der Waals surface area contributed by atoms with Crippen molar-refractivity contribution >= 4 is 0 Å². The first-order valence-corrected chi connectivity index (χ1v) is 5.37. The Balaban J connectivity index is 2.03. The van der Waals surface area contributed by atoms with E-state index in [9.17, 15) is 0 Å². The maximum atomic E-state index is 8.91. The fraction of sp³-hybridized carbons (Fsp3) is 0.909. The third-order valence-corrected chi connectivity index (χ3v) is 3.35. The molecule has 2 fully saturated rings. The Morgan fingerprint density at radius 3 is 2.54 bits per heavy atom. The molecule has 13 heavy (non-hydrogen) atoms. The minimum absolute atomic E-state index is 0.299. The first-order valence-electron chi connectivity index (χ1n) is 5.37. The summed E-state index contributed by atoms with van der Waals surface area (Å²) in [5, 5.41) is 8.91. The standard InChI is InChI=1S/C11H18N2/c1-8(2)11-5-9(6-12)7-13(11)10-3-4-10/h8-11H,3-5,7H2,1-2H3. The molecule has 0 aromatic heterocycles. The molecule has 1 saturated heterocycles. The van der Waals surface area contributed by atoms with Gasteiger partial charge in [0, 0.05) is 18.6 Å². The maximum absolute atomic E-state index is 8.91. The van der Waals surface area contributed by atoms with Crippen LogP contribution in [-0.2, 0) is 0 Å². The van der Waals surface area contributed by atoms with Gasteiger partial charge in [-0.15, -0.1) is 0 Å². The first kappa shape index (κ1) is 9.02. The highest BCUT2D eigenvalue weighted by molar-refractivity contribution is 5.01. The predicted octanol–water partition coefficient (Wildman–Crippen LogP) is 2.02. The van der Waals surface area contributed by atoms with Crippen LogP contribution in [0.5, 0.6) is 0 Å². The van der Waals surface area contributed by atoms with Crippen LogP contribution in [-0.4, -0.2) is 23.5 Å². The average molecular weight is 178 g/mol. The van der Waals surface area contributed by atoms with Gasteiger partial charge in [0.15, 0.2) is 0 Å². The van der Waals surface area contributed by atoms with E-state index in [4.69, 9.17) is 5.26 Å². The number of likely N-dealkylation sites (tertiary alicyclic amines) is 1. The van der Waals surface area contributed by atoms with Gasteiger partial charge in [-0.2, -0.15) is 5.26 Å². The van der Waals surface area contributed by atoms with Crippen LogP contribution >= 0.6 is 0 Å². The summed E-state index contributed by atoms with van der Waals surface area (Å²) >= 11 is 0. The molecular formula is C11H18N2. The van der Waals surface area contributed by atoms with Gasteiger partial charge in [-0.3, -0.25) is 4.90 Å².